The molecule has 110 valence electrons. The first kappa shape index (κ1) is 15.5. The molecular weight excluding hydrogens is 356 g/mol. The second-order valence-electron chi connectivity index (χ2n) is 3.91. The number of hydrogen-bond donors (Lipinski definition) is 1. The predicted molar refractivity (Wildman–Crippen MR) is 86.6 cm³/mol. The Morgan fingerprint density at radius 1 is 1.24 bits per heavy atom. The first-order valence-corrected chi connectivity index (χ1v) is 7.55. The number of amides is 1. The van der Waals surface area contributed by atoms with Gasteiger partial charge in [-0.25, -0.2) is 5.43 Å². The van der Waals surface area contributed by atoms with E-state index in [0.29, 0.717) is 17.1 Å². The van der Waals surface area contributed by atoms with Crippen LogP contribution in [0.4, 0.5) is 0 Å². The Morgan fingerprint density at radius 3 is 2.62 bits per heavy atom. The smallest absolute Gasteiger partial charge is 0.271 e. The van der Waals surface area contributed by atoms with Crippen LogP contribution in [0.25, 0.3) is 0 Å². The number of hydrazone groups is 1. The highest BCUT2D eigenvalue weighted by Crippen LogP contribution is 2.27. The predicted octanol–water partition coefficient (Wildman–Crippen LogP) is 3.29. The van der Waals surface area contributed by atoms with Gasteiger partial charge in [0.2, 0.25) is 0 Å². The lowest BCUT2D eigenvalue weighted by molar-refractivity contribution is 0.0954. The number of hydrogen-bond acceptors (Lipinski definition) is 5. The number of benzene rings is 1. The highest BCUT2D eigenvalue weighted by atomic mass is 79.9. The van der Waals surface area contributed by atoms with Gasteiger partial charge in [-0.1, -0.05) is 0 Å². The van der Waals surface area contributed by atoms with E-state index in [-0.39, 0.29) is 5.91 Å². The van der Waals surface area contributed by atoms with Gasteiger partial charge >= 0.3 is 0 Å². The third-order valence-corrected chi connectivity index (χ3v) is 4.16. The van der Waals surface area contributed by atoms with Crippen molar-refractivity contribution in [2.75, 3.05) is 14.2 Å². The molecule has 1 aromatic heterocycles. The molecule has 0 fully saturated rings. The SMILES string of the molecule is COc1ccc(C(=O)N/N=C/c2ccc(Br)s2)cc1OC. The van der Waals surface area contributed by atoms with Gasteiger partial charge in [0.25, 0.3) is 5.91 Å². The lowest BCUT2D eigenvalue weighted by Gasteiger charge is -2.08. The zero-order valence-corrected chi connectivity index (χ0v) is 13.8. The van der Waals surface area contributed by atoms with E-state index in [9.17, 15) is 4.79 Å². The zero-order valence-electron chi connectivity index (χ0n) is 11.4. The number of carbonyl (C=O) groups is 1. The molecule has 1 N–H and O–H groups in total. The van der Waals surface area contributed by atoms with Crippen LogP contribution in [0.1, 0.15) is 15.2 Å². The standard InChI is InChI=1S/C14H13BrN2O3S/c1-19-11-5-3-9(7-12(11)20-2)14(18)17-16-8-10-4-6-13(15)21-10/h3-8H,1-2H3,(H,17,18)/b16-8+. The monoisotopic (exact) mass is 368 g/mol. The molecule has 0 radical (unpaired) electrons. The van der Waals surface area contributed by atoms with Crippen LogP contribution in [-0.2, 0) is 0 Å². The van der Waals surface area contributed by atoms with Crippen LogP contribution in [0, 0.1) is 0 Å². The van der Waals surface area contributed by atoms with Crippen LogP contribution < -0.4 is 14.9 Å². The highest BCUT2D eigenvalue weighted by molar-refractivity contribution is 9.11. The summed E-state index contributed by atoms with van der Waals surface area (Å²) < 4.78 is 11.3. The minimum atomic E-state index is -0.317. The molecule has 21 heavy (non-hydrogen) atoms. The lowest BCUT2D eigenvalue weighted by Crippen LogP contribution is -2.17. The third-order valence-electron chi connectivity index (χ3n) is 2.60. The number of nitrogens with zero attached hydrogens (tertiary/aromatic N) is 1. The van der Waals surface area contributed by atoms with E-state index in [2.05, 4.69) is 26.5 Å². The number of methoxy groups -OCH3 is 2. The van der Waals surface area contributed by atoms with Crippen molar-refractivity contribution in [2.45, 2.75) is 0 Å². The maximum Gasteiger partial charge on any atom is 0.271 e. The Hall–Kier alpha value is -1.86. The maximum absolute atomic E-state index is 12.0. The Kier molecular flexibility index (Phi) is 5.35. The van der Waals surface area contributed by atoms with Crippen LogP contribution in [0.3, 0.4) is 0 Å². The second-order valence-corrected chi connectivity index (χ2v) is 6.41. The average Bonchev–Trinajstić information content (AvgIpc) is 2.91. The summed E-state index contributed by atoms with van der Waals surface area (Å²) in [4.78, 5) is 12.9. The molecule has 0 saturated carbocycles. The normalized spacial score (nSPS) is 10.6. The molecule has 2 aromatic rings. The van der Waals surface area contributed by atoms with Gasteiger partial charge in [0.1, 0.15) is 0 Å². The molecule has 0 bridgehead atoms. The van der Waals surface area contributed by atoms with Gasteiger partial charge in [-0.2, -0.15) is 5.10 Å². The van der Waals surface area contributed by atoms with Crippen molar-refractivity contribution in [3.63, 3.8) is 0 Å². The molecule has 1 aromatic carbocycles. The quantitative estimate of drug-likeness (QED) is 0.650. The van der Waals surface area contributed by atoms with E-state index in [4.69, 9.17) is 9.47 Å². The summed E-state index contributed by atoms with van der Waals surface area (Å²) in [6, 6.07) is 8.75. The topological polar surface area (TPSA) is 59.9 Å². The summed E-state index contributed by atoms with van der Waals surface area (Å²) in [5.41, 5.74) is 2.91. The molecule has 0 spiro atoms. The largest absolute Gasteiger partial charge is 0.493 e. The average molecular weight is 369 g/mol. The van der Waals surface area contributed by atoms with Gasteiger partial charge in [-0.3, -0.25) is 4.79 Å². The van der Waals surface area contributed by atoms with Crippen molar-refractivity contribution in [3.8, 4) is 11.5 Å². The van der Waals surface area contributed by atoms with Crippen LogP contribution in [-0.4, -0.2) is 26.3 Å². The highest BCUT2D eigenvalue weighted by Gasteiger charge is 2.09. The van der Waals surface area contributed by atoms with Crippen molar-refractivity contribution < 1.29 is 14.3 Å². The molecule has 0 saturated heterocycles. The van der Waals surface area contributed by atoms with Crippen LogP contribution in [0.15, 0.2) is 39.2 Å². The lowest BCUT2D eigenvalue weighted by atomic mass is 10.2. The van der Waals surface area contributed by atoms with E-state index in [1.165, 1.54) is 18.4 Å². The number of halogens is 1. The van der Waals surface area contributed by atoms with E-state index >= 15 is 0 Å². The molecule has 2 rings (SSSR count). The van der Waals surface area contributed by atoms with E-state index < -0.39 is 0 Å². The molecule has 0 aliphatic rings. The fraction of sp³-hybridized carbons (Fsp3) is 0.143. The third kappa shape index (κ3) is 4.05. The van der Waals surface area contributed by atoms with E-state index in [1.807, 2.05) is 12.1 Å². The van der Waals surface area contributed by atoms with Gasteiger partial charge in [0, 0.05) is 10.4 Å². The van der Waals surface area contributed by atoms with Crippen molar-refractivity contribution in [2.24, 2.45) is 5.10 Å². The van der Waals surface area contributed by atoms with Crippen molar-refractivity contribution in [3.05, 3.63) is 44.6 Å². The molecule has 5 nitrogen and oxygen atoms in total. The fourth-order valence-electron chi connectivity index (χ4n) is 1.59. The van der Waals surface area contributed by atoms with E-state index in [1.54, 1.807) is 31.5 Å². The summed E-state index contributed by atoms with van der Waals surface area (Å²) in [6.45, 7) is 0. The second kappa shape index (κ2) is 7.24. The van der Waals surface area contributed by atoms with Crippen LogP contribution >= 0.6 is 27.3 Å². The molecular formula is C14H13BrN2O3S. The number of ether oxygens (including phenoxy) is 2. The zero-order chi connectivity index (χ0) is 15.2. The molecule has 1 amide bonds. The van der Waals surface area contributed by atoms with Gasteiger partial charge in [0.15, 0.2) is 11.5 Å². The maximum atomic E-state index is 12.0. The van der Waals surface area contributed by atoms with Gasteiger partial charge in [-0.15, -0.1) is 11.3 Å². The van der Waals surface area contributed by atoms with E-state index in [0.717, 1.165) is 8.66 Å². The molecule has 0 aliphatic heterocycles. The van der Waals surface area contributed by atoms with Crippen LogP contribution in [0.2, 0.25) is 0 Å². The number of nitrogens with one attached hydrogen (secondary N) is 1. The molecule has 0 atom stereocenters. The van der Waals surface area contributed by atoms with Crippen LogP contribution in [0.5, 0.6) is 11.5 Å². The first-order chi connectivity index (χ1) is 10.1. The molecule has 1 heterocycles. The van der Waals surface area contributed by atoms with Crippen molar-refractivity contribution in [1.82, 2.24) is 5.43 Å². The summed E-state index contributed by atoms with van der Waals surface area (Å²) in [6.07, 6.45) is 1.59. The van der Waals surface area contributed by atoms with Gasteiger partial charge in [0.05, 0.1) is 24.2 Å². The molecule has 0 aliphatic carbocycles. The first-order valence-electron chi connectivity index (χ1n) is 5.95. The molecule has 0 unspecified atom stereocenters. The Balaban J connectivity index is 2.05. The Labute approximate surface area is 134 Å². The number of carbonyl (C=O) groups excluding carboxylic acids is 1. The minimum absolute atomic E-state index is 0.317. The number of rotatable bonds is 5. The summed E-state index contributed by atoms with van der Waals surface area (Å²) in [5.74, 6) is 0.750. The summed E-state index contributed by atoms with van der Waals surface area (Å²) in [7, 11) is 3.06. The summed E-state index contributed by atoms with van der Waals surface area (Å²) in [5, 5.41) is 3.92. The number of thiophene rings is 1. The van der Waals surface area contributed by atoms with Gasteiger partial charge in [-0.05, 0) is 46.3 Å². The fourth-order valence-corrected chi connectivity index (χ4v) is 2.89. The summed E-state index contributed by atoms with van der Waals surface area (Å²) >= 11 is 4.89. The van der Waals surface area contributed by atoms with Crippen molar-refractivity contribution in [1.29, 1.82) is 0 Å². The molecule has 7 heteroatoms. The Morgan fingerprint density at radius 2 is 2.00 bits per heavy atom. The minimum Gasteiger partial charge on any atom is -0.493 e. The van der Waals surface area contributed by atoms with Gasteiger partial charge < -0.3 is 9.47 Å². The van der Waals surface area contributed by atoms with Crippen molar-refractivity contribution >= 4 is 39.4 Å². The Bertz CT molecular complexity index is 670.